The lowest BCUT2D eigenvalue weighted by Gasteiger charge is -2.28. The largest absolute Gasteiger partial charge is 0.496 e. The van der Waals surface area contributed by atoms with E-state index in [9.17, 15) is 4.79 Å². The standard InChI is InChI=1S/C20H22N4O2/c1-14(25)21-16-7-8-19(26-2)15(11-16)12-23-9-10-24-18-6-4-3-5-17(18)22-20(24)13-23/h3-8,11H,9-10,12-13H2,1-2H3,(H,21,25). The molecule has 0 aliphatic carbocycles. The summed E-state index contributed by atoms with van der Waals surface area (Å²) in [5.41, 5.74) is 4.10. The van der Waals surface area contributed by atoms with Gasteiger partial charge in [-0.05, 0) is 30.3 Å². The summed E-state index contributed by atoms with van der Waals surface area (Å²) in [5.74, 6) is 1.85. The predicted octanol–water partition coefficient (Wildman–Crippen LogP) is 3.02. The molecule has 0 saturated carbocycles. The molecule has 3 aromatic rings. The smallest absolute Gasteiger partial charge is 0.221 e. The third kappa shape index (κ3) is 3.15. The number of hydrogen-bond donors (Lipinski definition) is 1. The van der Waals surface area contributed by atoms with Crippen molar-refractivity contribution in [3.05, 3.63) is 53.9 Å². The number of methoxy groups -OCH3 is 1. The molecule has 1 amide bonds. The highest BCUT2D eigenvalue weighted by Crippen LogP contribution is 2.27. The van der Waals surface area contributed by atoms with Gasteiger partial charge in [-0.1, -0.05) is 12.1 Å². The predicted molar refractivity (Wildman–Crippen MR) is 101 cm³/mol. The van der Waals surface area contributed by atoms with Crippen LogP contribution in [0, 0.1) is 0 Å². The van der Waals surface area contributed by atoms with E-state index in [1.807, 2.05) is 24.3 Å². The average Bonchev–Trinajstić information content (AvgIpc) is 2.99. The van der Waals surface area contributed by atoms with Crippen molar-refractivity contribution in [2.75, 3.05) is 19.0 Å². The molecule has 1 N–H and O–H groups in total. The van der Waals surface area contributed by atoms with Crippen molar-refractivity contribution in [1.82, 2.24) is 14.5 Å². The maximum atomic E-state index is 11.3. The highest BCUT2D eigenvalue weighted by molar-refractivity contribution is 5.88. The van der Waals surface area contributed by atoms with Crippen LogP contribution < -0.4 is 10.1 Å². The van der Waals surface area contributed by atoms with Crippen LogP contribution in [0.5, 0.6) is 5.75 Å². The molecule has 0 atom stereocenters. The van der Waals surface area contributed by atoms with E-state index < -0.39 is 0 Å². The Labute approximate surface area is 152 Å². The Morgan fingerprint density at radius 1 is 1.23 bits per heavy atom. The number of hydrogen-bond acceptors (Lipinski definition) is 4. The summed E-state index contributed by atoms with van der Waals surface area (Å²) in [6, 6.07) is 14.0. The summed E-state index contributed by atoms with van der Waals surface area (Å²) in [5, 5.41) is 2.84. The van der Waals surface area contributed by atoms with Crippen molar-refractivity contribution in [1.29, 1.82) is 0 Å². The van der Waals surface area contributed by atoms with Gasteiger partial charge in [-0.2, -0.15) is 0 Å². The molecule has 1 aromatic heterocycles. The van der Waals surface area contributed by atoms with Crippen molar-refractivity contribution in [2.24, 2.45) is 0 Å². The quantitative estimate of drug-likeness (QED) is 0.786. The van der Waals surface area contributed by atoms with Crippen LogP contribution in [0.4, 0.5) is 5.69 Å². The number of anilines is 1. The Kier molecular flexibility index (Phi) is 4.34. The molecule has 0 bridgehead atoms. The van der Waals surface area contributed by atoms with Crippen LogP contribution in [0.3, 0.4) is 0 Å². The molecular weight excluding hydrogens is 328 g/mol. The van der Waals surface area contributed by atoms with Gasteiger partial charge in [0.1, 0.15) is 11.6 Å². The number of carbonyl (C=O) groups excluding carboxylic acids is 1. The van der Waals surface area contributed by atoms with Crippen molar-refractivity contribution in [3.63, 3.8) is 0 Å². The lowest BCUT2D eigenvalue weighted by molar-refractivity contribution is -0.114. The van der Waals surface area contributed by atoms with Gasteiger partial charge in [0.2, 0.25) is 5.91 Å². The van der Waals surface area contributed by atoms with E-state index in [0.29, 0.717) is 0 Å². The molecule has 2 heterocycles. The number of imidazole rings is 1. The van der Waals surface area contributed by atoms with Crippen LogP contribution >= 0.6 is 0 Å². The molecule has 1 aliphatic heterocycles. The van der Waals surface area contributed by atoms with E-state index >= 15 is 0 Å². The fraction of sp³-hybridized carbons (Fsp3) is 0.300. The van der Waals surface area contributed by atoms with Gasteiger partial charge in [0.15, 0.2) is 0 Å². The van der Waals surface area contributed by atoms with Crippen LogP contribution in [0.2, 0.25) is 0 Å². The number of nitrogens with one attached hydrogen (secondary N) is 1. The van der Waals surface area contributed by atoms with Crippen molar-refractivity contribution < 1.29 is 9.53 Å². The topological polar surface area (TPSA) is 59.4 Å². The summed E-state index contributed by atoms with van der Waals surface area (Å²) >= 11 is 0. The molecule has 0 unspecified atom stereocenters. The Morgan fingerprint density at radius 2 is 2.08 bits per heavy atom. The molecule has 2 aromatic carbocycles. The van der Waals surface area contributed by atoms with Gasteiger partial charge in [-0.25, -0.2) is 4.98 Å². The molecule has 1 aliphatic rings. The zero-order chi connectivity index (χ0) is 18.1. The monoisotopic (exact) mass is 350 g/mol. The first kappa shape index (κ1) is 16.6. The molecule has 6 nitrogen and oxygen atoms in total. The first-order valence-electron chi connectivity index (χ1n) is 8.75. The summed E-state index contributed by atoms with van der Waals surface area (Å²) in [4.78, 5) is 18.5. The van der Waals surface area contributed by atoms with Crippen LogP contribution in [0.25, 0.3) is 11.0 Å². The first-order chi connectivity index (χ1) is 12.6. The maximum Gasteiger partial charge on any atom is 0.221 e. The molecule has 6 heteroatoms. The Bertz CT molecular complexity index is 964. The molecule has 0 fully saturated rings. The zero-order valence-electron chi connectivity index (χ0n) is 15.0. The van der Waals surface area contributed by atoms with Crippen molar-refractivity contribution in [3.8, 4) is 5.75 Å². The second-order valence-corrected chi connectivity index (χ2v) is 6.59. The van der Waals surface area contributed by atoms with Gasteiger partial charge in [-0.3, -0.25) is 9.69 Å². The van der Waals surface area contributed by atoms with Gasteiger partial charge in [-0.15, -0.1) is 0 Å². The van der Waals surface area contributed by atoms with Gasteiger partial charge in [0.05, 0.1) is 24.7 Å². The number of aromatic nitrogens is 2. The van der Waals surface area contributed by atoms with Crippen molar-refractivity contribution >= 4 is 22.6 Å². The summed E-state index contributed by atoms with van der Waals surface area (Å²) < 4.78 is 7.81. The number of ether oxygens (including phenoxy) is 1. The average molecular weight is 350 g/mol. The lowest BCUT2D eigenvalue weighted by Crippen LogP contribution is -2.33. The van der Waals surface area contributed by atoms with Gasteiger partial charge in [0, 0.05) is 37.8 Å². The zero-order valence-corrected chi connectivity index (χ0v) is 15.0. The number of carbonyl (C=O) groups is 1. The minimum atomic E-state index is -0.0761. The van der Waals surface area contributed by atoms with E-state index in [0.717, 1.165) is 54.5 Å². The number of para-hydroxylation sites is 2. The molecule has 4 rings (SSSR count). The highest BCUT2D eigenvalue weighted by atomic mass is 16.5. The van der Waals surface area contributed by atoms with Crippen LogP contribution in [0.15, 0.2) is 42.5 Å². The molecule has 134 valence electrons. The number of fused-ring (bicyclic) bond motifs is 3. The summed E-state index contributed by atoms with van der Waals surface area (Å²) in [6.07, 6.45) is 0. The second-order valence-electron chi connectivity index (χ2n) is 6.59. The normalized spacial score (nSPS) is 14.2. The first-order valence-corrected chi connectivity index (χ1v) is 8.75. The minimum Gasteiger partial charge on any atom is -0.496 e. The Morgan fingerprint density at radius 3 is 2.88 bits per heavy atom. The lowest BCUT2D eigenvalue weighted by atomic mass is 10.1. The van der Waals surface area contributed by atoms with Gasteiger partial charge < -0.3 is 14.6 Å². The molecule has 26 heavy (non-hydrogen) atoms. The number of rotatable bonds is 4. The Balaban J connectivity index is 1.57. The SMILES string of the molecule is COc1ccc(NC(C)=O)cc1CN1CCn2c(nc3ccccc32)C1. The second kappa shape index (κ2) is 6.80. The summed E-state index contributed by atoms with van der Waals surface area (Å²) in [6.45, 7) is 4.92. The van der Waals surface area contributed by atoms with Gasteiger partial charge >= 0.3 is 0 Å². The molecule has 0 radical (unpaired) electrons. The fourth-order valence-electron chi connectivity index (χ4n) is 3.58. The maximum absolute atomic E-state index is 11.3. The van der Waals surface area contributed by atoms with Crippen molar-refractivity contribution in [2.45, 2.75) is 26.6 Å². The number of nitrogens with zero attached hydrogens (tertiary/aromatic N) is 3. The van der Waals surface area contributed by atoms with Gasteiger partial charge in [0.25, 0.3) is 0 Å². The van der Waals surface area contributed by atoms with E-state index in [-0.39, 0.29) is 5.91 Å². The minimum absolute atomic E-state index is 0.0761. The molecule has 0 saturated heterocycles. The molecule has 0 spiro atoms. The Hall–Kier alpha value is -2.86. The van der Waals surface area contributed by atoms with E-state index in [1.165, 1.54) is 12.4 Å². The third-order valence-electron chi connectivity index (χ3n) is 4.73. The van der Waals surface area contributed by atoms with Crippen LogP contribution in [-0.2, 0) is 24.4 Å². The molecular formula is C20H22N4O2. The van der Waals surface area contributed by atoms with E-state index in [1.54, 1.807) is 7.11 Å². The fourth-order valence-corrected chi connectivity index (χ4v) is 3.58. The number of benzene rings is 2. The van der Waals surface area contributed by atoms with E-state index in [2.05, 4.69) is 33.0 Å². The van der Waals surface area contributed by atoms with E-state index in [4.69, 9.17) is 9.72 Å². The summed E-state index contributed by atoms with van der Waals surface area (Å²) in [7, 11) is 1.67. The number of amides is 1. The van der Waals surface area contributed by atoms with Crippen LogP contribution in [-0.4, -0.2) is 34.0 Å². The third-order valence-corrected chi connectivity index (χ3v) is 4.73. The van der Waals surface area contributed by atoms with Crippen LogP contribution in [0.1, 0.15) is 18.3 Å². The highest BCUT2D eigenvalue weighted by Gasteiger charge is 2.21.